The molecule has 2 rings (SSSR count). The van der Waals surface area contributed by atoms with Crippen molar-refractivity contribution in [1.82, 2.24) is 5.32 Å². The molecular weight excluding hydrogens is 232 g/mol. The standard InChI is InChI=1S/C13H18N2O3/c1-9-3-4-12(18-2)11(7-9)15-6-5-14-10(8-16)13(15)17/h3-4,7,10,14,16H,5-6,8H2,1-2H3. The molecule has 1 heterocycles. The van der Waals surface area contributed by atoms with Gasteiger partial charge >= 0.3 is 0 Å². The van der Waals surface area contributed by atoms with E-state index in [1.54, 1.807) is 12.0 Å². The average Bonchev–Trinajstić information content (AvgIpc) is 2.39. The van der Waals surface area contributed by atoms with Crippen LogP contribution < -0.4 is 15.0 Å². The maximum absolute atomic E-state index is 12.2. The minimum absolute atomic E-state index is 0.118. The summed E-state index contributed by atoms with van der Waals surface area (Å²) in [5, 5.41) is 12.2. The number of aliphatic hydroxyl groups excluding tert-OH is 1. The van der Waals surface area contributed by atoms with Crippen LogP contribution in [0, 0.1) is 6.92 Å². The van der Waals surface area contributed by atoms with Gasteiger partial charge in [-0.1, -0.05) is 6.07 Å². The van der Waals surface area contributed by atoms with Crippen LogP contribution in [0.3, 0.4) is 0 Å². The quantitative estimate of drug-likeness (QED) is 0.810. The first-order valence-electron chi connectivity index (χ1n) is 5.97. The summed E-state index contributed by atoms with van der Waals surface area (Å²) in [6.45, 7) is 3.02. The van der Waals surface area contributed by atoms with Crippen LogP contribution in [0.25, 0.3) is 0 Å². The summed E-state index contributed by atoms with van der Waals surface area (Å²) in [5.74, 6) is 0.556. The van der Waals surface area contributed by atoms with Crippen molar-refractivity contribution in [2.75, 3.05) is 31.7 Å². The highest BCUT2D eigenvalue weighted by Gasteiger charge is 2.30. The lowest BCUT2D eigenvalue weighted by Gasteiger charge is -2.33. The molecular formula is C13H18N2O3. The fourth-order valence-corrected chi connectivity index (χ4v) is 2.13. The highest BCUT2D eigenvalue weighted by atomic mass is 16.5. The summed E-state index contributed by atoms with van der Waals surface area (Å²) in [6.07, 6.45) is 0. The van der Waals surface area contributed by atoms with Gasteiger partial charge in [-0.2, -0.15) is 0 Å². The molecule has 5 nitrogen and oxygen atoms in total. The molecule has 1 aliphatic heterocycles. The predicted octanol–water partition coefficient (Wildman–Crippen LogP) is 0.301. The molecule has 0 radical (unpaired) electrons. The SMILES string of the molecule is COc1ccc(C)cc1N1CCNC(CO)C1=O. The van der Waals surface area contributed by atoms with Gasteiger partial charge in [0, 0.05) is 13.1 Å². The molecule has 1 aromatic carbocycles. The van der Waals surface area contributed by atoms with E-state index in [2.05, 4.69) is 5.32 Å². The number of ether oxygens (including phenoxy) is 1. The third-order valence-corrected chi connectivity index (χ3v) is 3.10. The van der Waals surface area contributed by atoms with Crippen LogP contribution in [0.1, 0.15) is 5.56 Å². The number of nitrogens with one attached hydrogen (secondary N) is 1. The monoisotopic (exact) mass is 250 g/mol. The fraction of sp³-hybridized carbons (Fsp3) is 0.462. The summed E-state index contributed by atoms with van der Waals surface area (Å²) >= 11 is 0. The highest BCUT2D eigenvalue weighted by Crippen LogP contribution is 2.30. The lowest BCUT2D eigenvalue weighted by Crippen LogP contribution is -2.56. The molecule has 0 saturated carbocycles. The molecule has 18 heavy (non-hydrogen) atoms. The topological polar surface area (TPSA) is 61.8 Å². The van der Waals surface area contributed by atoms with Crippen LogP contribution in [-0.4, -0.2) is 43.9 Å². The van der Waals surface area contributed by atoms with Crippen LogP contribution >= 0.6 is 0 Å². The second-order valence-electron chi connectivity index (χ2n) is 4.35. The molecule has 1 fully saturated rings. The molecule has 1 aliphatic rings. The molecule has 0 bridgehead atoms. The molecule has 5 heteroatoms. The molecule has 1 amide bonds. The molecule has 1 atom stereocenters. The van der Waals surface area contributed by atoms with Gasteiger partial charge in [0.15, 0.2) is 0 Å². The van der Waals surface area contributed by atoms with Gasteiger partial charge in [0.2, 0.25) is 5.91 Å². The Labute approximate surface area is 106 Å². The van der Waals surface area contributed by atoms with E-state index in [1.807, 2.05) is 25.1 Å². The smallest absolute Gasteiger partial charge is 0.246 e. The number of nitrogens with zero attached hydrogens (tertiary/aromatic N) is 1. The predicted molar refractivity (Wildman–Crippen MR) is 69.0 cm³/mol. The van der Waals surface area contributed by atoms with Crippen LogP contribution in [-0.2, 0) is 4.79 Å². The maximum atomic E-state index is 12.2. The number of benzene rings is 1. The number of hydrogen-bond donors (Lipinski definition) is 2. The molecule has 98 valence electrons. The zero-order chi connectivity index (χ0) is 13.1. The number of amides is 1. The summed E-state index contributed by atoms with van der Waals surface area (Å²) in [5.41, 5.74) is 1.83. The van der Waals surface area contributed by atoms with Gasteiger partial charge in [-0.25, -0.2) is 0 Å². The number of hydrogen-bond acceptors (Lipinski definition) is 4. The first kappa shape index (κ1) is 12.9. The number of rotatable bonds is 3. The van der Waals surface area contributed by atoms with E-state index in [0.29, 0.717) is 18.8 Å². The molecule has 1 unspecified atom stereocenters. The Morgan fingerprint density at radius 3 is 3.00 bits per heavy atom. The van der Waals surface area contributed by atoms with E-state index in [9.17, 15) is 4.79 Å². The third-order valence-electron chi connectivity index (χ3n) is 3.10. The lowest BCUT2D eigenvalue weighted by molar-refractivity contribution is -0.122. The van der Waals surface area contributed by atoms with Gasteiger partial charge in [-0.05, 0) is 24.6 Å². The number of anilines is 1. The molecule has 1 saturated heterocycles. The van der Waals surface area contributed by atoms with Crippen molar-refractivity contribution in [2.45, 2.75) is 13.0 Å². The Morgan fingerprint density at radius 1 is 1.56 bits per heavy atom. The Kier molecular flexibility index (Phi) is 3.84. The van der Waals surface area contributed by atoms with Crippen LogP contribution in [0.2, 0.25) is 0 Å². The average molecular weight is 250 g/mol. The Hall–Kier alpha value is -1.59. The van der Waals surface area contributed by atoms with Crippen molar-refractivity contribution in [3.05, 3.63) is 23.8 Å². The summed E-state index contributed by atoms with van der Waals surface area (Å²) in [4.78, 5) is 13.9. The third kappa shape index (κ3) is 2.32. The van der Waals surface area contributed by atoms with Crippen molar-refractivity contribution < 1.29 is 14.6 Å². The summed E-state index contributed by atoms with van der Waals surface area (Å²) < 4.78 is 5.29. The van der Waals surface area contributed by atoms with Gasteiger partial charge in [-0.15, -0.1) is 0 Å². The number of aliphatic hydroxyl groups is 1. The summed E-state index contributed by atoms with van der Waals surface area (Å²) in [7, 11) is 1.59. The van der Waals surface area contributed by atoms with Crippen LogP contribution in [0.15, 0.2) is 18.2 Å². The zero-order valence-corrected chi connectivity index (χ0v) is 10.6. The number of piperazine rings is 1. The van der Waals surface area contributed by atoms with Crippen LogP contribution in [0.4, 0.5) is 5.69 Å². The molecule has 0 aliphatic carbocycles. The number of aryl methyl sites for hydroxylation is 1. The van der Waals surface area contributed by atoms with Gasteiger partial charge in [0.05, 0.1) is 19.4 Å². The van der Waals surface area contributed by atoms with E-state index >= 15 is 0 Å². The molecule has 2 N–H and O–H groups in total. The van der Waals surface area contributed by atoms with Crippen molar-refractivity contribution in [3.63, 3.8) is 0 Å². The molecule has 0 spiro atoms. The molecule has 1 aromatic rings. The van der Waals surface area contributed by atoms with Crippen LogP contribution in [0.5, 0.6) is 5.75 Å². The van der Waals surface area contributed by atoms with Crippen molar-refractivity contribution in [1.29, 1.82) is 0 Å². The Bertz CT molecular complexity index is 448. The lowest BCUT2D eigenvalue weighted by atomic mass is 10.1. The first-order chi connectivity index (χ1) is 8.67. The largest absolute Gasteiger partial charge is 0.495 e. The number of carbonyl (C=O) groups excluding carboxylic acids is 1. The van der Waals surface area contributed by atoms with Crippen molar-refractivity contribution >= 4 is 11.6 Å². The second-order valence-corrected chi connectivity index (χ2v) is 4.35. The minimum atomic E-state index is -0.524. The first-order valence-corrected chi connectivity index (χ1v) is 5.97. The number of methoxy groups -OCH3 is 1. The maximum Gasteiger partial charge on any atom is 0.246 e. The highest BCUT2D eigenvalue weighted by molar-refractivity contribution is 5.99. The van der Waals surface area contributed by atoms with E-state index in [1.165, 1.54) is 0 Å². The van der Waals surface area contributed by atoms with Gasteiger partial charge in [-0.3, -0.25) is 4.79 Å². The van der Waals surface area contributed by atoms with Crippen molar-refractivity contribution in [2.24, 2.45) is 0 Å². The van der Waals surface area contributed by atoms with E-state index in [-0.39, 0.29) is 12.5 Å². The zero-order valence-electron chi connectivity index (χ0n) is 10.6. The second kappa shape index (κ2) is 5.37. The van der Waals surface area contributed by atoms with E-state index in [4.69, 9.17) is 9.84 Å². The Morgan fingerprint density at radius 2 is 2.33 bits per heavy atom. The van der Waals surface area contributed by atoms with E-state index < -0.39 is 6.04 Å². The normalized spacial score (nSPS) is 20.1. The minimum Gasteiger partial charge on any atom is -0.495 e. The van der Waals surface area contributed by atoms with Gasteiger partial charge in [0.25, 0.3) is 0 Å². The van der Waals surface area contributed by atoms with Gasteiger partial charge in [0.1, 0.15) is 11.8 Å². The van der Waals surface area contributed by atoms with Gasteiger partial charge < -0.3 is 20.1 Å². The van der Waals surface area contributed by atoms with E-state index in [0.717, 1.165) is 11.3 Å². The van der Waals surface area contributed by atoms with Crippen molar-refractivity contribution in [3.8, 4) is 5.75 Å². The molecule has 0 aromatic heterocycles. The fourth-order valence-electron chi connectivity index (χ4n) is 2.13. The Balaban J connectivity index is 2.35. The summed E-state index contributed by atoms with van der Waals surface area (Å²) in [6, 6.07) is 5.20. The number of carbonyl (C=O) groups is 1.